The summed E-state index contributed by atoms with van der Waals surface area (Å²) in [4.78, 5) is 4.29. The highest BCUT2D eigenvalue weighted by Crippen LogP contribution is 2.34. The number of rotatable bonds is 5. The first kappa shape index (κ1) is 17.0. The van der Waals surface area contributed by atoms with Crippen LogP contribution in [0.3, 0.4) is 0 Å². The lowest BCUT2D eigenvalue weighted by Crippen LogP contribution is -2.46. The van der Waals surface area contributed by atoms with Gasteiger partial charge in [-0.2, -0.15) is 0 Å². The van der Waals surface area contributed by atoms with Gasteiger partial charge in [-0.25, -0.2) is 0 Å². The van der Waals surface area contributed by atoms with Crippen LogP contribution in [0.4, 0.5) is 0 Å². The molecule has 3 atom stereocenters. The van der Waals surface area contributed by atoms with E-state index in [1.54, 1.807) is 0 Å². The number of guanidine groups is 1. The lowest BCUT2D eigenvalue weighted by Gasteiger charge is -2.24. The second-order valence-electron chi connectivity index (χ2n) is 5.86. The van der Waals surface area contributed by atoms with Gasteiger partial charge in [-0.3, -0.25) is 4.99 Å². The van der Waals surface area contributed by atoms with E-state index in [0.717, 1.165) is 31.4 Å². The standard InChI is InChI=1S/C14H27N3O.HI/c1-4-6-11-9-12(11)17-13(15-3)16-10-14(2)7-5-8-18-14;/h11-12H,4-10H2,1-3H3,(H2,15,16,17);1H. The number of nitrogens with zero attached hydrogens (tertiary/aromatic N) is 1. The summed E-state index contributed by atoms with van der Waals surface area (Å²) >= 11 is 0. The molecule has 1 heterocycles. The Hall–Kier alpha value is -0.0400. The Balaban J connectivity index is 0.00000180. The summed E-state index contributed by atoms with van der Waals surface area (Å²) in [7, 11) is 1.84. The molecule has 19 heavy (non-hydrogen) atoms. The lowest BCUT2D eigenvalue weighted by atomic mass is 10.0. The van der Waals surface area contributed by atoms with Crippen molar-refractivity contribution in [2.75, 3.05) is 20.2 Å². The number of nitrogens with one attached hydrogen (secondary N) is 2. The zero-order valence-corrected chi connectivity index (χ0v) is 14.7. The Morgan fingerprint density at radius 2 is 2.26 bits per heavy atom. The van der Waals surface area contributed by atoms with Gasteiger partial charge in [0.05, 0.1) is 5.60 Å². The highest BCUT2D eigenvalue weighted by atomic mass is 127. The summed E-state index contributed by atoms with van der Waals surface area (Å²) in [6.45, 7) is 6.17. The average molecular weight is 381 g/mol. The fourth-order valence-corrected chi connectivity index (χ4v) is 2.73. The molecule has 0 radical (unpaired) electrons. The minimum Gasteiger partial charge on any atom is -0.373 e. The number of hydrogen-bond acceptors (Lipinski definition) is 2. The van der Waals surface area contributed by atoms with Crippen molar-refractivity contribution in [3.8, 4) is 0 Å². The molecule has 0 spiro atoms. The van der Waals surface area contributed by atoms with Crippen molar-refractivity contribution in [2.24, 2.45) is 10.9 Å². The van der Waals surface area contributed by atoms with E-state index in [0.29, 0.717) is 6.04 Å². The van der Waals surface area contributed by atoms with Crippen molar-refractivity contribution in [3.63, 3.8) is 0 Å². The molecule has 1 saturated carbocycles. The van der Waals surface area contributed by atoms with Gasteiger partial charge >= 0.3 is 0 Å². The molecule has 2 N–H and O–H groups in total. The average Bonchev–Trinajstić information content (AvgIpc) is 2.94. The quantitative estimate of drug-likeness (QED) is 0.437. The first-order valence-electron chi connectivity index (χ1n) is 7.28. The van der Waals surface area contributed by atoms with E-state index in [-0.39, 0.29) is 29.6 Å². The number of hydrogen-bond donors (Lipinski definition) is 2. The molecule has 1 aliphatic heterocycles. The van der Waals surface area contributed by atoms with E-state index in [1.165, 1.54) is 25.7 Å². The maximum atomic E-state index is 5.77. The molecule has 1 saturated heterocycles. The van der Waals surface area contributed by atoms with Crippen molar-refractivity contribution in [1.82, 2.24) is 10.6 Å². The molecule has 2 fully saturated rings. The van der Waals surface area contributed by atoms with Crippen LogP contribution in [0.15, 0.2) is 4.99 Å². The van der Waals surface area contributed by atoms with Crippen LogP contribution in [0.25, 0.3) is 0 Å². The van der Waals surface area contributed by atoms with Crippen molar-refractivity contribution in [3.05, 3.63) is 0 Å². The molecule has 5 heteroatoms. The minimum absolute atomic E-state index is 0. The van der Waals surface area contributed by atoms with Crippen LogP contribution in [0.1, 0.15) is 46.0 Å². The highest BCUT2D eigenvalue weighted by molar-refractivity contribution is 14.0. The topological polar surface area (TPSA) is 45.7 Å². The SMILES string of the molecule is CCCC1CC1NC(=NC)NCC1(C)CCCO1.I. The van der Waals surface area contributed by atoms with E-state index in [4.69, 9.17) is 4.74 Å². The zero-order valence-electron chi connectivity index (χ0n) is 12.4. The monoisotopic (exact) mass is 381 g/mol. The molecule has 3 unspecified atom stereocenters. The smallest absolute Gasteiger partial charge is 0.191 e. The van der Waals surface area contributed by atoms with Crippen LogP contribution in [0.5, 0.6) is 0 Å². The van der Waals surface area contributed by atoms with Crippen LogP contribution in [0.2, 0.25) is 0 Å². The lowest BCUT2D eigenvalue weighted by molar-refractivity contribution is 0.0242. The van der Waals surface area contributed by atoms with Crippen molar-refractivity contribution in [2.45, 2.75) is 57.6 Å². The fraction of sp³-hybridized carbons (Fsp3) is 0.929. The van der Waals surface area contributed by atoms with Crippen LogP contribution in [0, 0.1) is 5.92 Å². The van der Waals surface area contributed by atoms with Gasteiger partial charge in [-0.15, -0.1) is 24.0 Å². The van der Waals surface area contributed by atoms with Gasteiger partial charge in [0.25, 0.3) is 0 Å². The molecule has 0 aromatic heterocycles. The Labute approximate surface area is 134 Å². The van der Waals surface area contributed by atoms with Crippen molar-refractivity contribution >= 4 is 29.9 Å². The van der Waals surface area contributed by atoms with E-state index < -0.39 is 0 Å². The van der Waals surface area contributed by atoms with Gasteiger partial charge < -0.3 is 15.4 Å². The third-order valence-electron chi connectivity index (χ3n) is 4.06. The molecule has 2 rings (SSSR count). The van der Waals surface area contributed by atoms with Crippen LogP contribution in [-0.4, -0.2) is 37.8 Å². The predicted octanol–water partition coefficient (Wildman–Crippen LogP) is 2.53. The van der Waals surface area contributed by atoms with Gasteiger partial charge in [0.15, 0.2) is 5.96 Å². The summed E-state index contributed by atoms with van der Waals surface area (Å²) < 4.78 is 5.77. The first-order valence-corrected chi connectivity index (χ1v) is 7.28. The molecule has 0 aromatic carbocycles. The minimum atomic E-state index is -0.00993. The Morgan fingerprint density at radius 1 is 1.47 bits per heavy atom. The molecule has 0 aromatic rings. The number of ether oxygens (including phenoxy) is 1. The summed E-state index contributed by atoms with van der Waals surface area (Å²) in [6, 6.07) is 0.633. The van der Waals surface area contributed by atoms with Crippen molar-refractivity contribution in [1.29, 1.82) is 0 Å². The van der Waals surface area contributed by atoms with Gasteiger partial charge in [0.2, 0.25) is 0 Å². The molecule has 2 aliphatic rings. The largest absolute Gasteiger partial charge is 0.373 e. The third kappa shape index (κ3) is 5.10. The number of aliphatic imine (C=N–C) groups is 1. The molecular formula is C14H28IN3O. The van der Waals surface area contributed by atoms with Gasteiger partial charge in [0.1, 0.15) is 0 Å². The summed E-state index contributed by atoms with van der Waals surface area (Å²) in [5.74, 6) is 1.78. The zero-order chi connectivity index (χ0) is 13.0. The van der Waals surface area contributed by atoms with Crippen LogP contribution >= 0.6 is 24.0 Å². The highest BCUT2D eigenvalue weighted by Gasteiger charge is 2.37. The fourth-order valence-electron chi connectivity index (χ4n) is 2.73. The summed E-state index contributed by atoms with van der Waals surface area (Å²) in [5, 5.41) is 6.90. The third-order valence-corrected chi connectivity index (χ3v) is 4.06. The molecular weight excluding hydrogens is 353 g/mol. The molecule has 4 nitrogen and oxygen atoms in total. The normalized spacial score (nSPS) is 33.7. The summed E-state index contributed by atoms with van der Waals surface area (Å²) in [6.07, 6.45) is 6.21. The second-order valence-corrected chi connectivity index (χ2v) is 5.86. The van der Waals surface area contributed by atoms with Gasteiger partial charge in [-0.1, -0.05) is 13.3 Å². The van der Waals surface area contributed by atoms with Gasteiger partial charge in [0, 0.05) is 26.2 Å². The van der Waals surface area contributed by atoms with Crippen molar-refractivity contribution < 1.29 is 4.74 Å². The molecule has 112 valence electrons. The molecule has 0 bridgehead atoms. The van der Waals surface area contributed by atoms with E-state index in [9.17, 15) is 0 Å². The van der Waals surface area contributed by atoms with Gasteiger partial charge in [-0.05, 0) is 38.5 Å². The van der Waals surface area contributed by atoms with Crippen LogP contribution < -0.4 is 10.6 Å². The maximum absolute atomic E-state index is 5.77. The second kappa shape index (κ2) is 7.67. The molecule has 1 aliphatic carbocycles. The first-order chi connectivity index (χ1) is 8.67. The Morgan fingerprint density at radius 3 is 2.84 bits per heavy atom. The van der Waals surface area contributed by atoms with Crippen LogP contribution in [-0.2, 0) is 4.74 Å². The maximum Gasteiger partial charge on any atom is 0.191 e. The number of halogens is 1. The molecule has 0 amide bonds. The Kier molecular flexibility index (Phi) is 6.86. The summed E-state index contributed by atoms with van der Waals surface area (Å²) in [5.41, 5.74) is -0.00993. The van der Waals surface area contributed by atoms with E-state index in [2.05, 4.69) is 29.5 Å². The predicted molar refractivity (Wildman–Crippen MR) is 90.3 cm³/mol. The Bertz CT molecular complexity index is 303. The van der Waals surface area contributed by atoms with E-state index >= 15 is 0 Å². The van der Waals surface area contributed by atoms with E-state index in [1.807, 2.05) is 7.05 Å².